The van der Waals surface area contributed by atoms with Crippen LogP contribution in [0.1, 0.15) is 24.4 Å². The van der Waals surface area contributed by atoms with E-state index in [1.165, 1.54) is 11.0 Å². The van der Waals surface area contributed by atoms with E-state index in [1.807, 2.05) is 18.2 Å². The van der Waals surface area contributed by atoms with Crippen molar-refractivity contribution < 1.29 is 22.4 Å². The van der Waals surface area contributed by atoms with Crippen LogP contribution in [-0.4, -0.2) is 68.8 Å². The maximum Gasteiger partial charge on any atom is 0.410 e. The molecule has 5 heterocycles. The third-order valence-electron chi connectivity index (χ3n) is 7.53. The molecule has 2 aliphatic rings. The van der Waals surface area contributed by atoms with Crippen molar-refractivity contribution in [2.24, 2.45) is 0 Å². The Balaban J connectivity index is 1.31. The van der Waals surface area contributed by atoms with E-state index in [1.54, 1.807) is 41.0 Å². The molecule has 1 radical (unpaired) electrons. The molecule has 207 valence electrons. The standard InChI is InChI=1S/C28H26F4N7O/c1-18(40)37-14-13-36(17-24(37)28(30,31)32)26-9-3-7-21(34-26)23-16-33-25-10-11-27(35-39(23)25)38-12-4-8-22(38)19-5-2-6-20(29)15-19/h2-3,5-7,9-11,15-16,22,24H,1,4,8,12-14,17H2/t22-,24?/m1/s1. The third-order valence-corrected chi connectivity index (χ3v) is 7.53. The number of hydrogen-bond acceptors (Lipinski definition) is 6. The summed E-state index contributed by atoms with van der Waals surface area (Å²) in [5.74, 6) is -0.0677. The van der Waals surface area contributed by atoms with E-state index >= 15 is 0 Å². The Labute approximate surface area is 227 Å². The van der Waals surface area contributed by atoms with Crippen LogP contribution in [0.2, 0.25) is 0 Å². The maximum atomic E-state index is 13.9. The molecule has 3 aromatic heterocycles. The van der Waals surface area contributed by atoms with Crippen molar-refractivity contribution in [1.82, 2.24) is 24.5 Å². The van der Waals surface area contributed by atoms with Gasteiger partial charge in [0, 0.05) is 33.1 Å². The summed E-state index contributed by atoms with van der Waals surface area (Å²) in [5.41, 5.74) is 2.56. The van der Waals surface area contributed by atoms with Gasteiger partial charge in [-0.2, -0.15) is 13.2 Å². The Bertz CT molecular complexity index is 1560. The van der Waals surface area contributed by atoms with E-state index in [-0.39, 0.29) is 24.9 Å². The van der Waals surface area contributed by atoms with E-state index in [4.69, 9.17) is 5.10 Å². The molecule has 0 N–H and O–H groups in total. The van der Waals surface area contributed by atoms with Gasteiger partial charge in [0.05, 0.1) is 17.9 Å². The Morgan fingerprint density at radius 3 is 2.60 bits per heavy atom. The highest BCUT2D eigenvalue weighted by Gasteiger charge is 2.47. The van der Waals surface area contributed by atoms with Crippen LogP contribution in [0.25, 0.3) is 17.0 Å². The molecule has 40 heavy (non-hydrogen) atoms. The first-order valence-corrected chi connectivity index (χ1v) is 13.0. The average molecular weight is 553 g/mol. The summed E-state index contributed by atoms with van der Waals surface area (Å²) >= 11 is 0. The minimum absolute atomic E-state index is 0.0143. The average Bonchev–Trinajstić information content (AvgIpc) is 3.59. The molecule has 2 saturated heterocycles. The molecule has 2 fully saturated rings. The smallest absolute Gasteiger partial charge is 0.352 e. The molecule has 0 saturated carbocycles. The van der Waals surface area contributed by atoms with Crippen molar-refractivity contribution in [3.05, 3.63) is 79.1 Å². The van der Waals surface area contributed by atoms with Crippen LogP contribution in [0.4, 0.5) is 29.2 Å². The van der Waals surface area contributed by atoms with Crippen molar-refractivity contribution >= 4 is 23.2 Å². The van der Waals surface area contributed by atoms with Gasteiger partial charge in [-0.3, -0.25) is 4.79 Å². The number of benzene rings is 1. The fourth-order valence-electron chi connectivity index (χ4n) is 5.60. The highest BCUT2D eigenvalue weighted by Crippen LogP contribution is 2.36. The van der Waals surface area contributed by atoms with E-state index in [0.29, 0.717) is 28.7 Å². The van der Waals surface area contributed by atoms with Crippen LogP contribution in [0.5, 0.6) is 0 Å². The Morgan fingerprint density at radius 2 is 1.82 bits per heavy atom. The molecule has 0 aliphatic carbocycles. The molecule has 2 atom stereocenters. The highest BCUT2D eigenvalue weighted by molar-refractivity contribution is 5.81. The summed E-state index contributed by atoms with van der Waals surface area (Å²) in [6.07, 6.45) is -1.16. The molecule has 8 nitrogen and oxygen atoms in total. The van der Waals surface area contributed by atoms with Gasteiger partial charge in [-0.1, -0.05) is 18.2 Å². The van der Waals surface area contributed by atoms with Gasteiger partial charge in [0.15, 0.2) is 5.65 Å². The Morgan fingerprint density at radius 1 is 1.00 bits per heavy atom. The number of rotatable bonds is 4. The van der Waals surface area contributed by atoms with Crippen LogP contribution in [0, 0.1) is 12.7 Å². The van der Waals surface area contributed by atoms with E-state index in [0.717, 1.165) is 29.8 Å². The second-order valence-electron chi connectivity index (χ2n) is 9.98. The minimum Gasteiger partial charge on any atom is -0.352 e. The molecule has 12 heteroatoms. The van der Waals surface area contributed by atoms with Crippen LogP contribution in [-0.2, 0) is 4.79 Å². The number of nitrogens with zero attached hydrogens (tertiary/aromatic N) is 7. The number of halogens is 4. The summed E-state index contributed by atoms with van der Waals surface area (Å²) in [7, 11) is 0. The number of piperazine rings is 1. The number of pyridine rings is 1. The Hall–Kier alpha value is -4.22. The first-order chi connectivity index (χ1) is 19.2. The summed E-state index contributed by atoms with van der Waals surface area (Å²) in [6.45, 7) is 3.58. The second kappa shape index (κ2) is 10.1. The van der Waals surface area contributed by atoms with Gasteiger partial charge in [-0.25, -0.2) is 18.9 Å². The molecule has 4 aromatic rings. The SMILES string of the molecule is [CH2]C(=O)N1CCN(c2cccc(-c3cnc4ccc(N5CCC[C@@H]5c5cccc(F)c5)nn34)n2)CC1C(F)(F)F. The Kier molecular flexibility index (Phi) is 6.55. The van der Waals surface area contributed by atoms with Crippen LogP contribution >= 0.6 is 0 Å². The number of amides is 1. The van der Waals surface area contributed by atoms with Gasteiger partial charge in [-0.05, 0) is 54.8 Å². The predicted octanol–water partition coefficient (Wildman–Crippen LogP) is 4.69. The number of hydrogen-bond donors (Lipinski definition) is 0. The highest BCUT2D eigenvalue weighted by atomic mass is 19.4. The summed E-state index contributed by atoms with van der Waals surface area (Å²) in [6, 6.07) is 13.5. The molecular weight excluding hydrogens is 526 g/mol. The van der Waals surface area contributed by atoms with Crippen LogP contribution in [0.15, 0.2) is 60.8 Å². The molecule has 1 amide bonds. The molecule has 6 rings (SSSR count). The molecule has 0 spiro atoms. The normalized spacial score (nSPS) is 20.0. The lowest BCUT2D eigenvalue weighted by Crippen LogP contribution is -2.60. The van der Waals surface area contributed by atoms with Crippen molar-refractivity contribution in [2.75, 3.05) is 36.0 Å². The van der Waals surface area contributed by atoms with Gasteiger partial charge in [0.2, 0.25) is 5.91 Å². The molecule has 1 unspecified atom stereocenters. The number of imidazole rings is 1. The molecule has 1 aromatic carbocycles. The summed E-state index contributed by atoms with van der Waals surface area (Å²) in [4.78, 5) is 25.2. The zero-order chi connectivity index (χ0) is 28.0. The largest absolute Gasteiger partial charge is 0.410 e. The topological polar surface area (TPSA) is 69.9 Å². The van der Waals surface area contributed by atoms with Gasteiger partial charge in [0.25, 0.3) is 0 Å². The maximum absolute atomic E-state index is 13.9. The second-order valence-corrected chi connectivity index (χ2v) is 9.98. The van der Waals surface area contributed by atoms with Crippen LogP contribution in [0.3, 0.4) is 0 Å². The van der Waals surface area contributed by atoms with Crippen molar-refractivity contribution in [2.45, 2.75) is 31.1 Å². The summed E-state index contributed by atoms with van der Waals surface area (Å²) < 4.78 is 56.8. The van der Waals surface area contributed by atoms with Gasteiger partial charge in [-0.15, -0.1) is 5.10 Å². The number of fused-ring (bicyclic) bond motifs is 1. The summed E-state index contributed by atoms with van der Waals surface area (Å²) in [5, 5.41) is 4.84. The number of aromatic nitrogens is 4. The van der Waals surface area contributed by atoms with Crippen molar-refractivity contribution in [3.63, 3.8) is 0 Å². The van der Waals surface area contributed by atoms with Gasteiger partial charge >= 0.3 is 6.18 Å². The van der Waals surface area contributed by atoms with E-state index in [9.17, 15) is 22.4 Å². The third kappa shape index (κ3) is 4.82. The zero-order valence-corrected chi connectivity index (χ0v) is 21.4. The van der Waals surface area contributed by atoms with Crippen molar-refractivity contribution in [3.8, 4) is 11.4 Å². The van der Waals surface area contributed by atoms with E-state index < -0.39 is 24.7 Å². The fourth-order valence-corrected chi connectivity index (χ4v) is 5.60. The fraction of sp³-hybridized carbons (Fsp3) is 0.321. The number of alkyl halides is 3. The first-order valence-electron chi connectivity index (χ1n) is 13.0. The van der Waals surface area contributed by atoms with Gasteiger partial charge in [0.1, 0.15) is 29.2 Å². The van der Waals surface area contributed by atoms with E-state index in [2.05, 4.69) is 21.8 Å². The molecular formula is C28H26F4N7O. The van der Waals surface area contributed by atoms with Gasteiger partial charge < -0.3 is 14.7 Å². The lowest BCUT2D eigenvalue weighted by molar-refractivity contribution is -0.188. The lowest BCUT2D eigenvalue weighted by Gasteiger charge is -2.42. The molecule has 0 bridgehead atoms. The zero-order valence-electron chi connectivity index (χ0n) is 21.4. The number of carbonyl (C=O) groups excluding carboxylic acids is 1. The monoisotopic (exact) mass is 552 g/mol. The number of anilines is 2. The first kappa shape index (κ1) is 26.0. The quantitative estimate of drug-likeness (QED) is 0.343. The van der Waals surface area contributed by atoms with Crippen molar-refractivity contribution in [1.29, 1.82) is 0 Å². The molecule has 2 aliphatic heterocycles. The minimum atomic E-state index is -4.59. The van der Waals surface area contributed by atoms with Crippen LogP contribution < -0.4 is 9.80 Å². The predicted molar refractivity (Wildman–Crippen MR) is 141 cm³/mol. The number of carbonyl (C=O) groups is 1. The lowest BCUT2D eigenvalue weighted by atomic mass is 10.0.